The van der Waals surface area contributed by atoms with Gasteiger partial charge in [-0.25, -0.2) is 0 Å². The molecule has 0 saturated carbocycles. The van der Waals surface area contributed by atoms with Gasteiger partial charge in [0.1, 0.15) is 0 Å². The van der Waals surface area contributed by atoms with Crippen molar-refractivity contribution in [3.05, 3.63) is 18.0 Å². The minimum absolute atomic E-state index is 0.157. The first-order valence-electron chi connectivity index (χ1n) is 7.31. The molecule has 0 spiro atoms. The van der Waals surface area contributed by atoms with Gasteiger partial charge in [-0.2, -0.15) is 5.10 Å². The van der Waals surface area contributed by atoms with E-state index in [4.69, 9.17) is 15.2 Å². The van der Waals surface area contributed by atoms with Gasteiger partial charge in [0.2, 0.25) is 0 Å². The average molecular weight is 284 g/mol. The molecule has 1 aromatic rings. The summed E-state index contributed by atoms with van der Waals surface area (Å²) in [5.41, 5.74) is 7.10. The zero-order chi connectivity index (χ0) is 14.8. The van der Waals surface area contributed by atoms with Gasteiger partial charge in [-0.05, 0) is 13.8 Å². The Morgan fingerprint density at radius 2 is 1.85 bits per heavy atom. The van der Waals surface area contributed by atoms with Gasteiger partial charge in [0, 0.05) is 51.7 Å². The van der Waals surface area contributed by atoms with Crippen LogP contribution in [0.2, 0.25) is 0 Å². The van der Waals surface area contributed by atoms with E-state index in [0.717, 1.165) is 31.9 Å². The van der Waals surface area contributed by atoms with Crippen LogP contribution in [0.4, 0.5) is 0 Å². The Labute approximate surface area is 121 Å². The largest absolute Gasteiger partial charge is 0.380 e. The molecule has 0 aliphatic heterocycles. The van der Waals surface area contributed by atoms with Crippen molar-refractivity contribution in [3.63, 3.8) is 0 Å². The van der Waals surface area contributed by atoms with Crippen LogP contribution in [0.15, 0.2) is 12.4 Å². The lowest BCUT2D eigenvalue weighted by molar-refractivity contribution is 0.0640. The quantitative estimate of drug-likeness (QED) is 0.609. The zero-order valence-electron chi connectivity index (χ0n) is 12.9. The zero-order valence-corrected chi connectivity index (χ0v) is 12.9. The van der Waals surface area contributed by atoms with Crippen molar-refractivity contribution in [2.24, 2.45) is 12.8 Å². The van der Waals surface area contributed by atoms with Gasteiger partial charge in [0.15, 0.2) is 0 Å². The number of ether oxygens (including phenoxy) is 2. The third-order valence-corrected chi connectivity index (χ3v) is 3.23. The fourth-order valence-corrected chi connectivity index (χ4v) is 2.18. The second-order valence-electron chi connectivity index (χ2n) is 4.63. The van der Waals surface area contributed by atoms with E-state index >= 15 is 0 Å². The average Bonchev–Trinajstić information content (AvgIpc) is 2.86. The number of aromatic nitrogens is 2. The first-order valence-corrected chi connectivity index (χ1v) is 7.31. The first kappa shape index (κ1) is 17.1. The molecule has 1 aromatic heterocycles. The van der Waals surface area contributed by atoms with Crippen molar-refractivity contribution < 1.29 is 9.47 Å². The van der Waals surface area contributed by atoms with Crippen LogP contribution in [0.25, 0.3) is 0 Å². The highest BCUT2D eigenvalue weighted by molar-refractivity contribution is 5.11. The van der Waals surface area contributed by atoms with E-state index in [0.29, 0.717) is 19.8 Å². The summed E-state index contributed by atoms with van der Waals surface area (Å²) in [5, 5.41) is 4.23. The van der Waals surface area contributed by atoms with Crippen LogP contribution in [0.3, 0.4) is 0 Å². The predicted molar refractivity (Wildman–Crippen MR) is 79.6 cm³/mol. The Bertz CT molecular complexity index is 347. The molecule has 2 N–H and O–H groups in total. The Morgan fingerprint density at radius 3 is 2.25 bits per heavy atom. The maximum absolute atomic E-state index is 5.96. The van der Waals surface area contributed by atoms with Gasteiger partial charge in [0.05, 0.1) is 25.5 Å². The summed E-state index contributed by atoms with van der Waals surface area (Å²) in [6.45, 7) is 9.15. The van der Waals surface area contributed by atoms with Crippen LogP contribution >= 0.6 is 0 Å². The van der Waals surface area contributed by atoms with E-state index in [2.05, 4.69) is 10.00 Å². The Hall–Kier alpha value is -0.950. The predicted octanol–water partition coefficient (Wildman–Crippen LogP) is 0.795. The standard InChI is InChI=1S/C14H28N4O2/c1-4-19-8-6-18(7-9-20-5-2)14(10-15)13-11-16-17(3)12-13/h11-12,14H,4-10,15H2,1-3H3. The minimum Gasteiger partial charge on any atom is -0.380 e. The van der Waals surface area contributed by atoms with Gasteiger partial charge in [-0.15, -0.1) is 0 Å². The van der Waals surface area contributed by atoms with Crippen LogP contribution in [0, 0.1) is 0 Å². The topological polar surface area (TPSA) is 65.5 Å². The maximum atomic E-state index is 5.96. The molecule has 1 heterocycles. The molecule has 0 aliphatic carbocycles. The summed E-state index contributed by atoms with van der Waals surface area (Å²) in [5.74, 6) is 0. The van der Waals surface area contributed by atoms with Crippen molar-refractivity contribution >= 4 is 0 Å². The summed E-state index contributed by atoms with van der Waals surface area (Å²) in [4.78, 5) is 2.31. The molecule has 1 rings (SSSR count). The number of rotatable bonds is 11. The van der Waals surface area contributed by atoms with E-state index in [1.807, 2.05) is 33.3 Å². The van der Waals surface area contributed by atoms with Crippen LogP contribution < -0.4 is 5.73 Å². The monoisotopic (exact) mass is 284 g/mol. The van der Waals surface area contributed by atoms with Crippen molar-refractivity contribution in [2.45, 2.75) is 19.9 Å². The smallest absolute Gasteiger partial charge is 0.0593 e. The van der Waals surface area contributed by atoms with Gasteiger partial charge in [0.25, 0.3) is 0 Å². The van der Waals surface area contributed by atoms with Crippen LogP contribution in [-0.2, 0) is 16.5 Å². The van der Waals surface area contributed by atoms with E-state index < -0.39 is 0 Å². The molecule has 1 unspecified atom stereocenters. The van der Waals surface area contributed by atoms with Gasteiger partial charge in [-0.3, -0.25) is 9.58 Å². The lowest BCUT2D eigenvalue weighted by atomic mass is 10.1. The van der Waals surface area contributed by atoms with Crippen LogP contribution in [0.1, 0.15) is 25.5 Å². The first-order chi connectivity index (χ1) is 9.72. The highest BCUT2D eigenvalue weighted by Crippen LogP contribution is 2.18. The van der Waals surface area contributed by atoms with E-state index in [-0.39, 0.29) is 6.04 Å². The van der Waals surface area contributed by atoms with Gasteiger partial charge < -0.3 is 15.2 Å². The van der Waals surface area contributed by atoms with Gasteiger partial charge in [-0.1, -0.05) is 0 Å². The molecular weight excluding hydrogens is 256 g/mol. The molecule has 6 heteroatoms. The van der Waals surface area contributed by atoms with Gasteiger partial charge >= 0.3 is 0 Å². The number of hydrogen-bond acceptors (Lipinski definition) is 5. The molecule has 6 nitrogen and oxygen atoms in total. The summed E-state index contributed by atoms with van der Waals surface area (Å²) in [6.07, 6.45) is 3.90. The Balaban J connectivity index is 2.65. The molecule has 0 saturated heterocycles. The van der Waals surface area contributed by atoms with E-state index in [1.54, 1.807) is 4.68 Å². The summed E-state index contributed by atoms with van der Waals surface area (Å²) >= 11 is 0. The Kier molecular flexibility index (Phi) is 8.45. The minimum atomic E-state index is 0.157. The fraction of sp³-hybridized carbons (Fsp3) is 0.786. The lowest BCUT2D eigenvalue weighted by Crippen LogP contribution is -2.38. The molecule has 20 heavy (non-hydrogen) atoms. The summed E-state index contributed by atoms with van der Waals surface area (Å²) in [7, 11) is 1.92. The number of aryl methyl sites for hydroxylation is 1. The maximum Gasteiger partial charge on any atom is 0.0593 e. The van der Waals surface area contributed by atoms with Crippen molar-refractivity contribution in [1.29, 1.82) is 0 Å². The molecule has 0 amide bonds. The summed E-state index contributed by atoms with van der Waals surface area (Å²) < 4.78 is 12.7. The van der Waals surface area contributed by atoms with Crippen LogP contribution in [-0.4, -0.2) is 60.7 Å². The second kappa shape index (κ2) is 9.88. The molecule has 0 radical (unpaired) electrons. The summed E-state index contributed by atoms with van der Waals surface area (Å²) in [6, 6.07) is 0.157. The van der Waals surface area contributed by atoms with Crippen molar-refractivity contribution in [1.82, 2.24) is 14.7 Å². The van der Waals surface area contributed by atoms with Crippen molar-refractivity contribution in [2.75, 3.05) is 46.1 Å². The number of nitrogens with zero attached hydrogens (tertiary/aromatic N) is 3. The third-order valence-electron chi connectivity index (χ3n) is 3.23. The molecule has 0 aromatic carbocycles. The molecule has 116 valence electrons. The van der Waals surface area contributed by atoms with Crippen LogP contribution in [0.5, 0.6) is 0 Å². The third kappa shape index (κ3) is 5.58. The highest BCUT2D eigenvalue weighted by Gasteiger charge is 2.20. The molecule has 0 bridgehead atoms. The normalized spacial score (nSPS) is 13.1. The molecular formula is C14H28N4O2. The fourth-order valence-electron chi connectivity index (χ4n) is 2.18. The molecule has 0 fully saturated rings. The second-order valence-corrected chi connectivity index (χ2v) is 4.63. The van der Waals surface area contributed by atoms with E-state index in [1.165, 1.54) is 0 Å². The SMILES string of the molecule is CCOCCN(CCOCC)C(CN)c1cnn(C)c1. The highest BCUT2D eigenvalue weighted by atomic mass is 16.5. The Morgan fingerprint density at radius 1 is 1.25 bits per heavy atom. The lowest BCUT2D eigenvalue weighted by Gasteiger charge is -2.30. The molecule has 1 atom stereocenters. The van der Waals surface area contributed by atoms with Crippen molar-refractivity contribution in [3.8, 4) is 0 Å². The number of hydrogen-bond donors (Lipinski definition) is 1. The number of nitrogens with two attached hydrogens (primary N) is 1. The van der Waals surface area contributed by atoms with E-state index in [9.17, 15) is 0 Å². The molecule has 0 aliphatic rings.